The Kier molecular flexibility index (Phi) is 5.68. The third-order valence-corrected chi connectivity index (χ3v) is 6.70. The maximum atomic E-state index is 12.6. The van der Waals surface area contributed by atoms with E-state index in [0.29, 0.717) is 13.0 Å². The number of likely N-dealkylation sites (tertiary alicyclic amines) is 2. The maximum Gasteiger partial charge on any atom is 0.222 e. The van der Waals surface area contributed by atoms with E-state index in [1.165, 1.54) is 29.5 Å². The van der Waals surface area contributed by atoms with Crippen LogP contribution in [0.3, 0.4) is 0 Å². The molecule has 5 nitrogen and oxygen atoms in total. The average Bonchev–Trinajstić information content (AvgIpc) is 2.70. The summed E-state index contributed by atoms with van der Waals surface area (Å²) in [5, 5.41) is 0. The minimum absolute atomic E-state index is 0.209. The summed E-state index contributed by atoms with van der Waals surface area (Å²) in [6.07, 6.45) is 7.66. The summed E-state index contributed by atoms with van der Waals surface area (Å²) >= 11 is 0. The predicted octanol–water partition coefficient (Wildman–Crippen LogP) is 3.81. The van der Waals surface area contributed by atoms with Crippen LogP contribution in [0.25, 0.3) is 0 Å². The van der Waals surface area contributed by atoms with Gasteiger partial charge < -0.3 is 4.90 Å². The van der Waals surface area contributed by atoms with Gasteiger partial charge in [0.15, 0.2) is 0 Å². The second kappa shape index (κ2) is 8.23. The van der Waals surface area contributed by atoms with Crippen molar-refractivity contribution in [1.82, 2.24) is 19.8 Å². The Labute approximate surface area is 174 Å². The molecule has 2 saturated heterocycles. The number of amides is 1. The van der Waals surface area contributed by atoms with Crippen LogP contribution in [0.15, 0.2) is 30.6 Å². The number of carbonyl (C=O) groups is 1. The van der Waals surface area contributed by atoms with Crippen molar-refractivity contribution in [2.75, 3.05) is 19.6 Å². The lowest BCUT2D eigenvalue weighted by atomic mass is 9.73. The third-order valence-electron chi connectivity index (χ3n) is 6.70. The first-order valence-corrected chi connectivity index (χ1v) is 10.8. The zero-order valence-corrected chi connectivity index (χ0v) is 17.9. The van der Waals surface area contributed by atoms with Crippen LogP contribution in [-0.2, 0) is 17.9 Å². The van der Waals surface area contributed by atoms with Gasteiger partial charge in [-0.2, -0.15) is 0 Å². The minimum Gasteiger partial charge on any atom is -0.336 e. The molecule has 1 aromatic carbocycles. The number of hydrogen-bond donors (Lipinski definition) is 0. The Bertz CT molecular complexity index is 859. The second-order valence-electron chi connectivity index (χ2n) is 9.08. The second-order valence-corrected chi connectivity index (χ2v) is 9.08. The summed E-state index contributed by atoms with van der Waals surface area (Å²) in [5.41, 5.74) is 6.21. The monoisotopic (exact) mass is 392 g/mol. The van der Waals surface area contributed by atoms with E-state index in [4.69, 9.17) is 0 Å². The molecule has 1 atom stereocenters. The van der Waals surface area contributed by atoms with Crippen molar-refractivity contribution in [2.45, 2.75) is 59.5 Å². The molecule has 0 bridgehead atoms. The lowest BCUT2D eigenvalue weighted by Gasteiger charge is -2.48. The molecule has 0 aliphatic carbocycles. The highest BCUT2D eigenvalue weighted by Crippen LogP contribution is 2.39. The fraction of sp³-hybridized carbons (Fsp3) is 0.542. The van der Waals surface area contributed by atoms with Gasteiger partial charge in [0.25, 0.3) is 0 Å². The van der Waals surface area contributed by atoms with E-state index >= 15 is 0 Å². The minimum atomic E-state index is 0.209. The fourth-order valence-corrected chi connectivity index (χ4v) is 5.04. The highest BCUT2D eigenvalue weighted by Gasteiger charge is 2.41. The van der Waals surface area contributed by atoms with E-state index in [0.717, 1.165) is 44.0 Å². The standard InChI is InChI=1S/C24H32N4O/c1-18-6-4-7-19(2)22(18)15-27-11-5-9-24(16-27)10-8-23(29)28(17-24)14-21-13-25-20(3)12-26-21/h4,6-7,12-13H,5,8-11,14-17H2,1-3H3/t24-/m0/s1. The van der Waals surface area contributed by atoms with Crippen molar-refractivity contribution in [1.29, 1.82) is 0 Å². The highest BCUT2D eigenvalue weighted by atomic mass is 16.2. The molecule has 3 heterocycles. The molecule has 2 aliphatic heterocycles. The Hall–Kier alpha value is -2.27. The van der Waals surface area contributed by atoms with Crippen LogP contribution in [0.2, 0.25) is 0 Å². The SMILES string of the molecule is Cc1cnc(CN2C[C@@]3(CCCN(Cc4c(C)cccc4C)C3)CCC2=O)cn1. The van der Waals surface area contributed by atoms with Gasteiger partial charge in [0, 0.05) is 37.7 Å². The van der Waals surface area contributed by atoms with Crippen LogP contribution < -0.4 is 0 Å². The summed E-state index contributed by atoms with van der Waals surface area (Å²) in [5.74, 6) is 0.255. The number of carbonyl (C=O) groups excluding carboxylic acids is 1. The van der Waals surface area contributed by atoms with E-state index < -0.39 is 0 Å². The summed E-state index contributed by atoms with van der Waals surface area (Å²) in [7, 11) is 0. The Morgan fingerprint density at radius 2 is 1.79 bits per heavy atom. The van der Waals surface area contributed by atoms with Crippen molar-refractivity contribution in [3.63, 3.8) is 0 Å². The first-order valence-electron chi connectivity index (χ1n) is 10.8. The summed E-state index contributed by atoms with van der Waals surface area (Å²) in [6, 6.07) is 6.57. The Morgan fingerprint density at radius 3 is 2.52 bits per heavy atom. The molecular formula is C24H32N4O. The average molecular weight is 393 g/mol. The zero-order chi connectivity index (χ0) is 20.4. The molecule has 0 unspecified atom stereocenters. The molecule has 2 fully saturated rings. The number of aromatic nitrogens is 2. The maximum absolute atomic E-state index is 12.6. The first kappa shape index (κ1) is 20.0. The smallest absolute Gasteiger partial charge is 0.222 e. The van der Waals surface area contributed by atoms with E-state index in [2.05, 4.69) is 46.9 Å². The quantitative estimate of drug-likeness (QED) is 0.794. The largest absolute Gasteiger partial charge is 0.336 e. The third kappa shape index (κ3) is 4.50. The number of piperidine rings is 2. The molecule has 154 valence electrons. The number of rotatable bonds is 4. The normalized spacial score (nSPS) is 23.0. The number of aryl methyl sites for hydroxylation is 3. The Morgan fingerprint density at radius 1 is 1.00 bits per heavy atom. The van der Waals surface area contributed by atoms with Crippen LogP contribution in [0.5, 0.6) is 0 Å². The topological polar surface area (TPSA) is 49.3 Å². The number of benzene rings is 1. The summed E-state index contributed by atoms with van der Waals surface area (Å²) in [4.78, 5) is 26.1. The summed E-state index contributed by atoms with van der Waals surface area (Å²) in [6.45, 7) is 11.0. The molecule has 2 aliphatic rings. The lowest BCUT2D eigenvalue weighted by molar-refractivity contribution is -0.140. The van der Waals surface area contributed by atoms with Crippen LogP contribution in [0.1, 0.15) is 53.8 Å². The molecule has 29 heavy (non-hydrogen) atoms. The van der Waals surface area contributed by atoms with Crippen molar-refractivity contribution >= 4 is 5.91 Å². The van der Waals surface area contributed by atoms with E-state index in [9.17, 15) is 4.79 Å². The molecule has 1 amide bonds. The van der Waals surface area contributed by atoms with Gasteiger partial charge in [-0.15, -0.1) is 0 Å². The molecule has 1 spiro atoms. The molecule has 0 N–H and O–H groups in total. The van der Waals surface area contributed by atoms with Gasteiger partial charge in [-0.05, 0) is 63.3 Å². The van der Waals surface area contributed by atoms with Crippen LogP contribution in [0, 0.1) is 26.2 Å². The molecule has 2 aromatic rings. The zero-order valence-electron chi connectivity index (χ0n) is 17.9. The van der Waals surface area contributed by atoms with Gasteiger partial charge in [0.05, 0.1) is 24.1 Å². The van der Waals surface area contributed by atoms with Crippen molar-refractivity contribution in [2.24, 2.45) is 5.41 Å². The first-order chi connectivity index (χ1) is 13.9. The number of nitrogens with zero attached hydrogens (tertiary/aromatic N) is 4. The molecule has 5 heteroatoms. The van der Waals surface area contributed by atoms with Gasteiger partial charge in [0.2, 0.25) is 5.91 Å². The van der Waals surface area contributed by atoms with Crippen molar-refractivity contribution < 1.29 is 4.79 Å². The van der Waals surface area contributed by atoms with Crippen molar-refractivity contribution in [3.8, 4) is 0 Å². The highest BCUT2D eigenvalue weighted by molar-refractivity contribution is 5.77. The molecular weight excluding hydrogens is 360 g/mol. The molecule has 0 radical (unpaired) electrons. The van der Waals surface area contributed by atoms with E-state index in [1.54, 1.807) is 12.4 Å². The van der Waals surface area contributed by atoms with Crippen LogP contribution in [-0.4, -0.2) is 45.3 Å². The molecule has 4 rings (SSSR count). The predicted molar refractivity (Wildman–Crippen MR) is 114 cm³/mol. The van der Waals surface area contributed by atoms with Gasteiger partial charge in [-0.1, -0.05) is 18.2 Å². The van der Waals surface area contributed by atoms with E-state index in [-0.39, 0.29) is 11.3 Å². The van der Waals surface area contributed by atoms with Gasteiger partial charge in [0.1, 0.15) is 0 Å². The van der Waals surface area contributed by atoms with Crippen LogP contribution in [0.4, 0.5) is 0 Å². The summed E-state index contributed by atoms with van der Waals surface area (Å²) < 4.78 is 0. The fourth-order valence-electron chi connectivity index (χ4n) is 5.04. The van der Waals surface area contributed by atoms with Gasteiger partial charge in [-0.25, -0.2) is 0 Å². The molecule has 1 aromatic heterocycles. The van der Waals surface area contributed by atoms with Gasteiger partial charge in [-0.3, -0.25) is 19.7 Å². The molecule has 0 saturated carbocycles. The lowest BCUT2D eigenvalue weighted by Crippen LogP contribution is -2.53. The Balaban J connectivity index is 1.46. The van der Waals surface area contributed by atoms with Crippen LogP contribution >= 0.6 is 0 Å². The number of hydrogen-bond acceptors (Lipinski definition) is 4. The van der Waals surface area contributed by atoms with Crippen molar-refractivity contribution in [3.05, 3.63) is 58.7 Å². The van der Waals surface area contributed by atoms with Gasteiger partial charge >= 0.3 is 0 Å². The van der Waals surface area contributed by atoms with E-state index in [1.807, 2.05) is 11.8 Å².